The maximum atomic E-state index is 14.2. The topological polar surface area (TPSA) is 88.0 Å². The quantitative estimate of drug-likeness (QED) is 0.648. The number of rotatable bonds is 5. The largest absolute Gasteiger partial charge is 0.478 e. The summed E-state index contributed by atoms with van der Waals surface area (Å²) in [6.07, 6.45) is 4.32. The van der Waals surface area contributed by atoms with E-state index in [1.54, 1.807) is 6.20 Å². The molecule has 0 atom stereocenters. The summed E-state index contributed by atoms with van der Waals surface area (Å²) in [4.78, 5) is 23.9. The van der Waals surface area contributed by atoms with Crippen molar-refractivity contribution in [1.29, 1.82) is 0 Å². The first-order valence-corrected chi connectivity index (χ1v) is 8.51. The number of hydrogen-bond acceptors (Lipinski definition) is 5. The SMILES string of the molecule is CC(C)c1cnc(-c2cc(Cl)ccc2F)nc1Nc1ccncc1C(=O)O. The van der Waals surface area contributed by atoms with Crippen LogP contribution in [0.25, 0.3) is 11.4 Å². The highest BCUT2D eigenvalue weighted by atomic mass is 35.5. The highest BCUT2D eigenvalue weighted by molar-refractivity contribution is 6.30. The van der Waals surface area contributed by atoms with Gasteiger partial charge in [-0.05, 0) is 30.2 Å². The maximum Gasteiger partial charge on any atom is 0.339 e. The molecule has 0 spiro atoms. The predicted octanol–water partition coefficient (Wildman–Crippen LogP) is 4.90. The van der Waals surface area contributed by atoms with Crippen molar-refractivity contribution in [2.24, 2.45) is 0 Å². The monoisotopic (exact) mass is 386 g/mol. The third kappa shape index (κ3) is 4.03. The average molecular weight is 387 g/mol. The Labute approximate surface area is 160 Å². The van der Waals surface area contributed by atoms with Crippen molar-refractivity contribution in [3.63, 3.8) is 0 Å². The van der Waals surface area contributed by atoms with E-state index >= 15 is 0 Å². The number of aromatic nitrogens is 3. The molecule has 3 aromatic rings. The average Bonchev–Trinajstić information content (AvgIpc) is 2.63. The Kier molecular flexibility index (Phi) is 5.32. The van der Waals surface area contributed by atoms with E-state index < -0.39 is 11.8 Å². The van der Waals surface area contributed by atoms with E-state index in [1.165, 1.54) is 36.7 Å². The molecule has 0 unspecified atom stereocenters. The fourth-order valence-corrected chi connectivity index (χ4v) is 2.69. The number of pyridine rings is 1. The van der Waals surface area contributed by atoms with Gasteiger partial charge in [0.1, 0.15) is 17.2 Å². The Morgan fingerprint density at radius 2 is 2.04 bits per heavy atom. The number of carboxylic acids is 1. The van der Waals surface area contributed by atoms with Crippen molar-refractivity contribution in [1.82, 2.24) is 15.0 Å². The van der Waals surface area contributed by atoms with E-state index in [-0.39, 0.29) is 22.9 Å². The molecule has 3 rings (SSSR count). The van der Waals surface area contributed by atoms with E-state index in [0.29, 0.717) is 16.5 Å². The van der Waals surface area contributed by atoms with Crippen LogP contribution in [0.5, 0.6) is 0 Å². The molecule has 0 aliphatic heterocycles. The van der Waals surface area contributed by atoms with Crippen LogP contribution in [0.15, 0.2) is 42.9 Å². The van der Waals surface area contributed by atoms with Crippen LogP contribution in [0.4, 0.5) is 15.9 Å². The molecule has 27 heavy (non-hydrogen) atoms. The van der Waals surface area contributed by atoms with Gasteiger partial charge < -0.3 is 10.4 Å². The molecule has 0 radical (unpaired) electrons. The van der Waals surface area contributed by atoms with Crippen LogP contribution >= 0.6 is 11.6 Å². The van der Waals surface area contributed by atoms with E-state index in [4.69, 9.17) is 11.6 Å². The summed E-state index contributed by atoms with van der Waals surface area (Å²) in [6, 6.07) is 5.67. The summed E-state index contributed by atoms with van der Waals surface area (Å²) in [5.41, 5.74) is 1.25. The molecule has 0 saturated carbocycles. The minimum Gasteiger partial charge on any atom is -0.478 e. The first-order chi connectivity index (χ1) is 12.9. The normalized spacial score (nSPS) is 10.9. The molecule has 138 valence electrons. The number of nitrogens with zero attached hydrogens (tertiary/aromatic N) is 3. The molecule has 2 N–H and O–H groups in total. The second-order valence-corrected chi connectivity index (χ2v) is 6.56. The van der Waals surface area contributed by atoms with Crippen LogP contribution in [0.1, 0.15) is 35.7 Å². The number of anilines is 2. The van der Waals surface area contributed by atoms with Gasteiger partial charge in [0.05, 0.1) is 11.3 Å². The molecule has 0 bridgehead atoms. The third-order valence-electron chi connectivity index (χ3n) is 3.91. The summed E-state index contributed by atoms with van der Waals surface area (Å²) in [6.45, 7) is 3.91. The Hall–Kier alpha value is -3.06. The zero-order valence-corrected chi connectivity index (χ0v) is 15.3. The van der Waals surface area contributed by atoms with Crippen LogP contribution in [-0.2, 0) is 0 Å². The fourth-order valence-electron chi connectivity index (χ4n) is 2.51. The highest BCUT2D eigenvalue weighted by Gasteiger charge is 2.17. The maximum absolute atomic E-state index is 14.2. The highest BCUT2D eigenvalue weighted by Crippen LogP contribution is 2.30. The van der Waals surface area contributed by atoms with Crippen LogP contribution in [0.2, 0.25) is 5.02 Å². The Bertz CT molecular complexity index is 1010. The zero-order chi connectivity index (χ0) is 19.6. The molecule has 0 fully saturated rings. The van der Waals surface area contributed by atoms with Gasteiger partial charge in [0, 0.05) is 29.2 Å². The molecule has 8 heteroatoms. The fraction of sp³-hybridized carbons (Fsp3) is 0.158. The number of carboxylic acid groups (broad SMARTS) is 1. The second kappa shape index (κ2) is 7.67. The first-order valence-electron chi connectivity index (χ1n) is 8.13. The van der Waals surface area contributed by atoms with Crippen LogP contribution < -0.4 is 5.32 Å². The number of carbonyl (C=O) groups is 1. The molecular weight excluding hydrogens is 371 g/mol. The van der Waals surface area contributed by atoms with Gasteiger partial charge in [-0.1, -0.05) is 25.4 Å². The van der Waals surface area contributed by atoms with Crippen molar-refractivity contribution in [2.45, 2.75) is 19.8 Å². The van der Waals surface area contributed by atoms with Crippen molar-refractivity contribution in [3.05, 3.63) is 64.8 Å². The Morgan fingerprint density at radius 3 is 2.74 bits per heavy atom. The van der Waals surface area contributed by atoms with Gasteiger partial charge >= 0.3 is 5.97 Å². The standard InChI is InChI=1S/C19H16ClFN4O2/c1-10(2)13-9-23-17(12-7-11(20)3-4-15(12)21)25-18(13)24-16-5-6-22-8-14(16)19(26)27/h3-10H,1-2H3,(H,26,27)(H,22,23,24,25). The number of nitrogens with one attached hydrogen (secondary N) is 1. The lowest BCUT2D eigenvalue weighted by molar-refractivity contribution is 0.0697. The lowest BCUT2D eigenvalue weighted by Crippen LogP contribution is -2.08. The smallest absolute Gasteiger partial charge is 0.339 e. The second-order valence-electron chi connectivity index (χ2n) is 6.13. The van der Waals surface area contributed by atoms with Crippen LogP contribution in [0.3, 0.4) is 0 Å². The minimum atomic E-state index is -1.12. The lowest BCUT2D eigenvalue weighted by Gasteiger charge is -2.16. The predicted molar refractivity (Wildman–Crippen MR) is 101 cm³/mol. The van der Waals surface area contributed by atoms with Crippen molar-refractivity contribution >= 4 is 29.1 Å². The zero-order valence-electron chi connectivity index (χ0n) is 14.6. The lowest BCUT2D eigenvalue weighted by atomic mass is 10.1. The molecule has 0 aliphatic carbocycles. The summed E-state index contributed by atoms with van der Waals surface area (Å²) < 4.78 is 14.2. The van der Waals surface area contributed by atoms with Gasteiger partial charge in [0.2, 0.25) is 0 Å². The van der Waals surface area contributed by atoms with Gasteiger partial charge in [0.25, 0.3) is 0 Å². The first kappa shape index (κ1) is 18.7. The molecule has 0 saturated heterocycles. The summed E-state index contributed by atoms with van der Waals surface area (Å²) in [7, 11) is 0. The number of benzene rings is 1. The van der Waals surface area contributed by atoms with Gasteiger partial charge in [-0.25, -0.2) is 19.2 Å². The van der Waals surface area contributed by atoms with E-state index in [1.807, 2.05) is 13.8 Å². The van der Waals surface area contributed by atoms with Gasteiger partial charge in [-0.2, -0.15) is 0 Å². The third-order valence-corrected chi connectivity index (χ3v) is 4.15. The molecule has 0 aliphatic rings. The van der Waals surface area contributed by atoms with E-state index in [0.717, 1.165) is 5.56 Å². The summed E-state index contributed by atoms with van der Waals surface area (Å²) in [5.74, 6) is -1.03. The number of aromatic carboxylic acids is 1. The number of halogens is 2. The molecule has 0 amide bonds. The van der Waals surface area contributed by atoms with Gasteiger partial charge in [0.15, 0.2) is 5.82 Å². The van der Waals surface area contributed by atoms with E-state index in [9.17, 15) is 14.3 Å². The Balaban J connectivity index is 2.11. The molecule has 1 aromatic carbocycles. The van der Waals surface area contributed by atoms with E-state index in [2.05, 4.69) is 20.3 Å². The van der Waals surface area contributed by atoms with Crippen molar-refractivity contribution in [3.8, 4) is 11.4 Å². The minimum absolute atomic E-state index is 0.00121. The molecular formula is C19H16ClFN4O2. The molecule has 2 heterocycles. The van der Waals surface area contributed by atoms with Crippen molar-refractivity contribution < 1.29 is 14.3 Å². The van der Waals surface area contributed by atoms with Gasteiger partial charge in [-0.15, -0.1) is 0 Å². The number of hydrogen-bond donors (Lipinski definition) is 2. The Morgan fingerprint density at radius 1 is 1.26 bits per heavy atom. The molecule has 6 nitrogen and oxygen atoms in total. The summed E-state index contributed by atoms with van der Waals surface area (Å²) in [5, 5.41) is 12.7. The van der Waals surface area contributed by atoms with Gasteiger partial charge in [-0.3, -0.25) is 4.98 Å². The van der Waals surface area contributed by atoms with Crippen LogP contribution in [-0.4, -0.2) is 26.0 Å². The molecule has 2 aromatic heterocycles. The van der Waals surface area contributed by atoms with Crippen molar-refractivity contribution in [2.75, 3.05) is 5.32 Å². The summed E-state index contributed by atoms with van der Waals surface area (Å²) >= 11 is 5.96. The van der Waals surface area contributed by atoms with Crippen LogP contribution in [0, 0.1) is 5.82 Å².